The van der Waals surface area contributed by atoms with E-state index in [-0.39, 0.29) is 34.0 Å². The van der Waals surface area contributed by atoms with Gasteiger partial charge >= 0.3 is 0 Å². The predicted molar refractivity (Wildman–Crippen MR) is 77.7 cm³/mol. The summed E-state index contributed by atoms with van der Waals surface area (Å²) in [5.41, 5.74) is -0.183. The van der Waals surface area contributed by atoms with Crippen LogP contribution in [-0.2, 0) is 0 Å². The molecule has 0 saturated carbocycles. The lowest BCUT2D eigenvalue weighted by Gasteiger charge is -2.08. The van der Waals surface area contributed by atoms with Gasteiger partial charge in [0.2, 0.25) is 0 Å². The first kappa shape index (κ1) is 14.9. The van der Waals surface area contributed by atoms with Crippen LogP contribution < -0.4 is 5.84 Å². The summed E-state index contributed by atoms with van der Waals surface area (Å²) < 4.78 is 0. The first-order chi connectivity index (χ1) is 10.4. The van der Waals surface area contributed by atoms with Crippen molar-refractivity contribution < 1.29 is 15.0 Å². The number of nitro groups is 2. The van der Waals surface area contributed by atoms with Crippen LogP contribution >= 0.6 is 0 Å². The van der Waals surface area contributed by atoms with Gasteiger partial charge in [-0.25, -0.2) is 0 Å². The van der Waals surface area contributed by atoms with Gasteiger partial charge in [0.25, 0.3) is 11.4 Å². The van der Waals surface area contributed by atoms with E-state index >= 15 is 0 Å². The maximum absolute atomic E-state index is 10.8. The summed E-state index contributed by atoms with van der Waals surface area (Å²) in [6.45, 7) is 0. The van der Waals surface area contributed by atoms with E-state index in [1.807, 2.05) is 0 Å². The fourth-order valence-electron chi connectivity index (χ4n) is 1.89. The van der Waals surface area contributed by atoms with E-state index in [1.165, 1.54) is 24.3 Å². The maximum Gasteiger partial charge on any atom is 0.270 e. The van der Waals surface area contributed by atoms with E-state index < -0.39 is 9.85 Å². The second-order valence-corrected chi connectivity index (χ2v) is 4.24. The number of nitrogens with two attached hydrogens (primary N) is 1. The molecule has 0 atom stereocenters. The molecule has 0 saturated heterocycles. The summed E-state index contributed by atoms with van der Waals surface area (Å²) in [5.74, 6) is 5.02. The second-order valence-electron chi connectivity index (χ2n) is 4.24. The number of hydrazone groups is 1. The van der Waals surface area contributed by atoms with Crippen molar-refractivity contribution in [3.05, 3.63) is 73.8 Å². The highest BCUT2D eigenvalue weighted by Gasteiger charge is 2.18. The van der Waals surface area contributed by atoms with Crippen LogP contribution in [0.2, 0.25) is 0 Å². The van der Waals surface area contributed by atoms with Crippen molar-refractivity contribution >= 4 is 17.1 Å². The van der Waals surface area contributed by atoms with Crippen molar-refractivity contribution in [2.24, 2.45) is 10.9 Å². The van der Waals surface area contributed by atoms with Gasteiger partial charge in [0.15, 0.2) is 0 Å². The Morgan fingerprint density at radius 3 is 2.27 bits per heavy atom. The van der Waals surface area contributed by atoms with Crippen LogP contribution in [0.5, 0.6) is 5.75 Å². The monoisotopic (exact) mass is 302 g/mol. The lowest BCUT2D eigenvalue weighted by Crippen LogP contribution is -2.08. The van der Waals surface area contributed by atoms with Gasteiger partial charge in [-0.2, -0.15) is 5.10 Å². The molecule has 0 spiro atoms. The van der Waals surface area contributed by atoms with Crippen LogP contribution in [0.3, 0.4) is 0 Å². The Morgan fingerprint density at radius 1 is 1.05 bits per heavy atom. The Labute approximate surface area is 123 Å². The Morgan fingerprint density at radius 2 is 1.68 bits per heavy atom. The first-order valence-corrected chi connectivity index (χ1v) is 5.94. The zero-order valence-corrected chi connectivity index (χ0v) is 11.0. The van der Waals surface area contributed by atoms with Gasteiger partial charge < -0.3 is 10.9 Å². The molecule has 0 amide bonds. The number of non-ortho nitro benzene ring substituents is 2. The van der Waals surface area contributed by atoms with Crippen molar-refractivity contribution in [1.29, 1.82) is 0 Å². The van der Waals surface area contributed by atoms with Crippen molar-refractivity contribution in [2.45, 2.75) is 0 Å². The lowest BCUT2D eigenvalue weighted by atomic mass is 10.0. The number of hydrogen-bond acceptors (Lipinski definition) is 7. The third-order valence-electron chi connectivity index (χ3n) is 2.91. The summed E-state index contributed by atoms with van der Waals surface area (Å²) in [4.78, 5) is 20.4. The fraction of sp³-hybridized carbons (Fsp3) is 0. The molecule has 3 N–H and O–H groups in total. The van der Waals surface area contributed by atoms with Crippen LogP contribution in [0.1, 0.15) is 11.1 Å². The minimum Gasteiger partial charge on any atom is -0.507 e. The molecular formula is C13H10N4O5. The highest BCUT2D eigenvalue weighted by Crippen LogP contribution is 2.26. The minimum atomic E-state index is -0.634. The Bertz CT molecular complexity index is 788. The van der Waals surface area contributed by atoms with E-state index in [0.29, 0.717) is 0 Å². The van der Waals surface area contributed by atoms with Gasteiger partial charge in [-0.3, -0.25) is 20.2 Å². The summed E-state index contributed by atoms with van der Waals surface area (Å²) in [6, 6.07) is 8.77. The van der Waals surface area contributed by atoms with Crippen LogP contribution in [0.15, 0.2) is 47.6 Å². The average molecular weight is 302 g/mol. The Hall–Kier alpha value is -3.49. The topological polar surface area (TPSA) is 145 Å². The fourth-order valence-corrected chi connectivity index (χ4v) is 1.89. The zero-order valence-electron chi connectivity index (χ0n) is 11.0. The Kier molecular flexibility index (Phi) is 3.98. The molecule has 0 aromatic heterocycles. The van der Waals surface area contributed by atoms with Crippen molar-refractivity contribution in [3.8, 4) is 5.75 Å². The van der Waals surface area contributed by atoms with Gasteiger partial charge in [0.05, 0.1) is 15.4 Å². The first-order valence-electron chi connectivity index (χ1n) is 5.94. The van der Waals surface area contributed by atoms with Crippen LogP contribution in [0.25, 0.3) is 0 Å². The van der Waals surface area contributed by atoms with E-state index in [2.05, 4.69) is 5.10 Å². The van der Waals surface area contributed by atoms with E-state index in [4.69, 9.17) is 5.84 Å². The van der Waals surface area contributed by atoms with Gasteiger partial charge in [-0.1, -0.05) is 12.1 Å². The third-order valence-corrected chi connectivity index (χ3v) is 2.91. The van der Waals surface area contributed by atoms with Gasteiger partial charge in [-0.15, -0.1) is 0 Å². The van der Waals surface area contributed by atoms with Crippen molar-refractivity contribution in [3.63, 3.8) is 0 Å². The molecule has 0 aliphatic rings. The molecule has 0 bridgehead atoms. The number of nitro benzene ring substituents is 2. The van der Waals surface area contributed by atoms with Crippen LogP contribution in [-0.4, -0.2) is 20.7 Å². The normalized spacial score (nSPS) is 11.2. The number of phenols is 1. The zero-order chi connectivity index (χ0) is 16.3. The average Bonchev–Trinajstić information content (AvgIpc) is 2.50. The highest BCUT2D eigenvalue weighted by atomic mass is 16.6. The lowest BCUT2D eigenvalue weighted by molar-refractivity contribution is -0.385. The van der Waals surface area contributed by atoms with Crippen LogP contribution in [0, 0.1) is 20.2 Å². The summed E-state index contributed by atoms with van der Waals surface area (Å²) in [6.07, 6.45) is 0. The molecule has 112 valence electrons. The molecule has 0 radical (unpaired) electrons. The number of aromatic hydroxyl groups is 1. The largest absolute Gasteiger partial charge is 0.507 e. The molecule has 0 heterocycles. The molecule has 9 nitrogen and oxygen atoms in total. The molecule has 2 aromatic carbocycles. The molecule has 0 unspecified atom stereocenters. The molecule has 0 fully saturated rings. The van der Waals surface area contributed by atoms with E-state index in [1.54, 1.807) is 0 Å². The molecule has 2 aromatic rings. The van der Waals surface area contributed by atoms with Gasteiger partial charge in [-0.05, 0) is 6.07 Å². The Balaban J connectivity index is 2.58. The van der Waals surface area contributed by atoms with Crippen molar-refractivity contribution in [1.82, 2.24) is 0 Å². The quantitative estimate of drug-likeness (QED) is 0.382. The number of rotatable bonds is 4. The summed E-state index contributed by atoms with van der Waals surface area (Å²) >= 11 is 0. The minimum absolute atomic E-state index is 0.00454. The number of nitrogens with zero attached hydrogens (tertiary/aromatic N) is 3. The predicted octanol–water partition coefficient (Wildman–Crippen LogP) is 1.92. The molecule has 0 aliphatic carbocycles. The number of hydrogen-bond donors (Lipinski definition) is 2. The maximum atomic E-state index is 10.8. The van der Waals surface area contributed by atoms with Gasteiger partial charge in [0.1, 0.15) is 11.5 Å². The van der Waals surface area contributed by atoms with Crippen LogP contribution in [0.4, 0.5) is 11.4 Å². The standard InChI is InChI=1S/C13H10N4O5/c14-15-13(8-2-1-3-9(6-8)16(19)20)11-7-10(17(21)22)4-5-12(11)18/h1-7,18H,14H2/b15-13-. The molecule has 22 heavy (non-hydrogen) atoms. The summed E-state index contributed by atoms with van der Waals surface area (Å²) in [5, 5.41) is 35.0. The smallest absolute Gasteiger partial charge is 0.270 e. The number of benzene rings is 2. The second kappa shape index (κ2) is 5.87. The third kappa shape index (κ3) is 2.82. The summed E-state index contributed by atoms with van der Waals surface area (Å²) in [7, 11) is 0. The SMILES string of the molecule is N/N=C(/c1cccc([N+](=O)[O-])c1)c1cc([N+](=O)[O-])ccc1O. The van der Waals surface area contributed by atoms with E-state index in [9.17, 15) is 25.3 Å². The number of phenolic OH excluding ortho intramolecular Hbond substituents is 1. The van der Waals surface area contributed by atoms with Crippen molar-refractivity contribution in [2.75, 3.05) is 0 Å². The molecule has 2 rings (SSSR count). The highest BCUT2D eigenvalue weighted by molar-refractivity contribution is 6.14. The molecule has 9 heteroatoms. The molecule has 0 aliphatic heterocycles. The van der Waals surface area contributed by atoms with Gasteiger partial charge in [0, 0.05) is 29.8 Å². The molecular weight excluding hydrogens is 292 g/mol. The van der Waals surface area contributed by atoms with E-state index in [0.717, 1.165) is 18.2 Å².